The van der Waals surface area contributed by atoms with Crippen molar-refractivity contribution in [1.82, 2.24) is 10.2 Å². The Morgan fingerprint density at radius 3 is 2.81 bits per heavy atom. The van der Waals surface area contributed by atoms with Gasteiger partial charge in [-0.05, 0) is 55.2 Å². The molecule has 3 heterocycles. The molecule has 4 unspecified atom stereocenters. The fourth-order valence-corrected chi connectivity index (χ4v) is 4.19. The van der Waals surface area contributed by atoms with Crippen molar-refractivity contribution >= 4 is 11.8 Å². The van der Waals surface area contributed by atoms with Gasteiger partial charge in [-0.3, -0.25) is 4.90 Å². The standard InChI is InChI=1S/C18H26N2S/c1-3-15-13-20-9-8-16(15)10-17(20)12-19-11-14-4-6-18(21-2)7-5-14/h3-7,15-17,19H,1,8-13H2,2H3. The molecule has 3 fully saturated rings. The molecule has 0 saturated carbocycles. The highest BCUT2D eigenvalue weighted by atomic mass is 32.2. The van der Waals surface area contributed by atoms with Gasteiger partial charge in [-0.2, -0.15) is 0 Å². The van der Waals surface area contributed by atoms with E-state index in [1.54, 1.807) is 11.8 Å². The van der Waals surface area contributed by atoms with Crippen molar-refractivity contribution in [3.63, 3.8) is 0 Å². The molecule has 2 bridgehead atoms. The summed E-state index contributed by atoms with van der Waals surface area (Å²) in [6, 6.07) is 9.62. The van der Waals surface area contributed by atoms with Gasteiger partial charge in [0.15, 0.2) is 0 Å². The van der Waals surface area contributed by atoms with Gasteiger partial charge in [0.2, 0.25) is 0 Å². The van der Waals surface area contributed by atoms with Crippen molar-refractivity contribution in [3.8, 4) is 0 Å². The smallest absolute Gasteiger partial charge is 0.0223 e. The summed E-state index contributed by atoms with van der Waals surface area (Å²) in [5.74, 6) is 1.61. The second-order valence-corrected chi connectivity index (χ2v) is 7.19. The Labute approximate surface area is 133 Å². The molecule has 1 aromatic carbocycles. The lowest BCUT2D eigenvalue weighted by Gasteiger charge is -2.49. The fraction of sp³-hybridized carbons (Fsp3) is 0.556. The van der Waals surface area contributed by atoms with Crippen molar-refractivity contribution in [1.29, 1.82) is 0 Å². The molecular formula is C18H26N2S. The highest BCUT2D eigenvalue weighted by molar-refractivity contribution is 7.98. The topological polar surface area (TPSA) is 15.3 Å². The minimum atomic E-state index is 0.727. The van der Waals surface area contributed by atoms with Gasteiger partial charge in [0.05, 0.1) is 0 Å². The van der Waals surface area contributed by atoms with Crippen LogP contribution < -0.4 is 5.32 Å². The van der Waals surface area contributed by atoms with Crippen LogP contribution in [-0.2, 0) is 6.54 Å². The van der Waals surface area contributed by atoms with Crippen LogP contribution in [0.2, 0.25) is 0 Å². The Hall–Kier alpha value is -0.770. The molecule has 4 rings (SSSR count). The highest BCUT2D eigenvalue weighted by Gasteiger charge is 2.38. The summed E-state index contributed by atoms with van der Waals surface area (Å²) >= 11 is 1.80. The molecule has 0 aliphatic carbocycles. The molecule has 2 nitrogen and oxygen atoms in total. The van der Waals surface area contributed by atoms with Gasteiger partial charge < -0.3 is 5.32 Å². The van der Waals surface area contributed by atoms with Crippen LogP contribution >= 0.6 is 11.8 Å². The highest BCUT2D eigenvalue weighted by Crippen LogP contribution is 2.36. The monoisotopic (exact) mass is 302 g/mol. The number of nitrogens with zero attached hydrogens (tertiary/aromatic N) is 1. The van der Waals surface area contributed by atoms with E-state index in [9.17, 15) is 0 Å². The molecule has 0 spiro atoms. The number of fused-ring (bicyclic) bond motifs is 3. The quantitative estimate of drug-likeness (QED) is 0.640. The maximum absolute atomic E-state index is 4.00. The number of benzene rings is 1. The first-order valence-electron chi connectivity index (χ1n) is 8.00. The SMILES string of the molecule is C=CC1CN2CCC1CC2CNCc1ccc(SC)cc1. The molecule has 1 aromatic rings. The number of hydrogen-bond acceptors (Lipinski definition) is 3. The Bertz CT molecular complexity index is 471. The van der Waals surface area contributed by atoms with E-state index in [0.717, 1.165) is 31.0 Å². The maximum Gasteiger partial charge on any atom is 0.0223 e. The van der Waals surface area contributed by atoms with E-state index in [1.807, 2.05) is 0 Å². The predicted molar refractivity (Wildman–Crippen MR) is 91.7 cm³/mol. The number of hydrogen-bond donors (Lipinski definition) is 1. The zero-order valence-electron chi connectivity index (χ0n) is 12.9. The number of thioether (sulfide) groups is 1. The van der Waals surface area contributed by atoms with E-state index in [0.29, 0.717) is 0 Å². The Balaban J connectivity index is 1.46. The van der Waals surface area contributed by atoms with Gasteiger partial charge in [-0.15, -0.1) is 18.3 Å². The summed E-state index contributed by atoms with van der Waals surface area (Å²) in [4.78, 5) is 4.00. The van der Waals surface area contributed by atoms with E-state index in [4.69, 9.17) is 0 Å². The molecule has 0 aromatic heterocycles. The van der Waals surface area contributed by atoms with Crippen LogP contribution in [0, 0.1) is 11.8 Å². The second kappa shape index (κ2) is 6.99. The zero-order valence-corrected chi connectivity index (χ0v) is 13.7. The first kappa shape index (κ1) is 15.1. The molecule has 21 heavy (non-hydrogen) atoms. The first-order valence-corrected chi connectivity index (χ1v) is 9.23. The zero-order chi connectivity index (χ0) is 14.7. The van der Waals surface area contributed by atoms with Crippen LogP contribution in [0.3, 0.4) is 0 Å². The van der Waals surface area contributed by atoms with Crippen LogP contribution in [0.4, 0.5) is 0 Å². The van der Waals surface area contributed by atoms with E-state index in [2.05, 4.69) is 53.4 Å². The summed E-state index contributed by atoms with van der Waals surface area (Å²) in [6.45, 7) is 8.60. The summed E-state index contributed by atoms with van der Waals surface area (Å²) in [5, 5.41) is 3.65. The minimum Gasteiger partial charge on any atom is -0.311 e. The molecule has 3 aliphatic rings. The molecule has 3 aliphatic heterocycles. The van der Waals surface area contributed by atoms with Gasteiger partial charge in [0, 0.05) is 30.6 Å². The molecule has 114 valence electrons. The Morgan fingerprint density at radius 1 is 1.38 bits per heavy atom. The van der Waals surface area contributed by atoms with Crippen molar-refractivity contribution in [2.45, 2.75) is 30.3 Å². The lowest BCUT2D eigenvalue weighted by atomic mass is 9.75. The third kappa shape index (κ3) is 3.53. The van der Waals surface area contributed by atoms with Gasteiger partial charge in [0.25, 0.3) is 0 Å². The van der Waals surface area contributed by atoms with Crippen molar-refractivity contribution < 1.29 is 0 Å². The Morgan fingerprint density at radius 2 is 2.19 bits per heavy atom. The van der Waals surface area contributed by atoms with E-state index in [-0.39, 0.29) is 0 Å². The average Bonchev–Trinajstić information content (AvgIpc) is 2.56. The third-order valence-corrected chi connectivity index (χ3v) is 5.84. The normalized spacial score (nSPS) is 31.3. The van der Waals surface area contributed by atoms with Crippen LogP contribution in [0.1, 0.15) is 18.4 Å². The molecule has 3 heteroatoms. The lowest BCUT2D eigenvalue weighted by molar-refractivity contribution is 0.0195. The summed E-state index contributed by atoms with van der Waals surface area (Å²) in [5.41, 5.74) is 1.38. The van der Waals surface area contributed by atoms with Gasteiger partial charge in [-0.25, -0.2) is 0 Å². The minimum absolute atomic E-state index is 0.727. The molecule has 4 atom stereocenters. The number of rotatable bonds is 6. The van der Waals surface area contributed by atoms with Crippen LogP contribution in [0.25, 0.3) is 0 Å². The Kier molecular flexibility index (Phi) is 5.04. The average molecular weight is 302 g/mol. The second-order valence-electron chi connectivity index (χ2n) is 6.31. The van der Waals surface area contributed by atoms with Gasteiger partial charge in [-0.1, -0.05) is 18.2 Å². The molecule has 0 amide bonds. The van der Waals surface area contributed by atoms with Crippen LogP contribution in [-0.4, -0.2) is 36.8 Å². The number of nitrogens with one attached hydrogen (secondary N) is 1. The molecule has 1 N–H and O–H groups in total. The van der Waals surface area contributed by atoms with E-state index >= 15 is 0 Å². The summed E-state index contributed by atoms with van der Waals surface area (Å²) < 4.78 is 0. The molecule has 0 radical (unpaired) electrons. The molecular weight excluding hydrogens is 276 g/mol. The predicted octanol–water partition coefficient (Wildman–Crippen LogP) is 3.39. The number of piperidine rings is 3. The third-order valence-electron chi connectivity index (χ3n) is 5.10. The van der Waals surface area contributed by atoms with E-state index in [1.165, 1.54) is 36.4 Å². The largest absolute Gasteiger partial charge is 0.311 e. The summed E-state index contributed by atoms with van der Waals surface area (Å²) in [6.07, 6.45) is 7.00. The van der Waals surface area contributed by atoms with Crippen LogP contribution in [0.5, 0.6) is 0 Å². The first-order chi connectivity index (χ1) is 10.3. The van der Waals surface area contributed by atoms with Gasteiger partial charge in [0.1, 0.15) is 0 Å². The fourth-order valence-electron chi connectivity index (χ4n) is 3.79. The van der Waals surface area contributed by atoms with E-state index < -0.39 is 0 Å². The van der Waals surface area contributed by atoms with Crippen molar-refractivity contribution in [3.05, 3.63) is 42.5 Å². The lowest BCUT2D eigenvalue weighted by Crippen LogP contribution is -2.55. The van der Waals surface area contributed by atoms with Crippen molar-refractivity contribution in [2.24, 2.45) is 11.8 Å². The maximum atomic E-state index is 4.00. The summed E-state index contributed by atoms with van der Waals surface area (Å²) in [7, 11) is 0. The van der Waals surface area contributed by atoms with Crippen LogP contribution in [0.15, 0.2) is 41.8 Å². The molecule has 3 saturated heterocycles. The van der Waals surface area contributed by atoms with Crippen molar-refractivity contribution in [2.75, 3.05) is 25.9 Å². The van der Waals surface area contributed by atoms with Gasteiger partial charge >= 0.3 is 0 Å².